The van der Waals surface area contributed by atoms with Crippen molar-refractivity contribution in [2.24, 2.45) is 10.7 Å². The zero-order valence-corrected chi connectivity index (χ0v) is 14.0. The van der Waals surface area contributed by atoms with Crippen molar-refractivity contribution in [2.45, 2.75) is 33.1 Å². The number of nitrogens with one attached hydrogen (secondary N) is 1. The van der Waals surface area contributed by atoms with Crippen molar-refractivity contribution in [2.75, 3.05) is 11.9 Å². The Labute approximate surface area is 142 Å². The molecule has 136 valence electrons. The van der Waals surface area contributed by atoms with Crippen LogP contribution in [-0.2, 0) is 0 Å². The number of nitrogens with zero attached hydrogens (tertiary/aromatic N) is 2. The van der Waals surface area contributed by atoms with E-state index in [1.165, 1.54) is 18.2 Å². The van der Waals surface area contributed by atoms with Crippen LogP contribution in [0.4, 0.5) is 18.9 Å². The summed E-state index contributed by atoms with van der Waals surface area (Å²) in [6, 6.07) is 5.60. The number of halogens is 3. The molecule has 1 atom stereocenters. The average molecular weight is 356 g/mol. The number of ether oxygens (including phenoxy) is 1. The number of rotatable bonds is 5. The molecule has 6 nitrogen and oxygen atoms in total. The Morgan fingerprint density at radius 1 is 1.36 bits per heavy atom. The quantitative estimate of drug-likeness (QED) is 0.630. The molecule has 0 radical (unpaired) electrons. The fourth-order valence-corrected chi connectivity index (χ4v) is 2.48. The van der Waals surface area contributed by atoms with E-state index in [1.54, 1.807) is 6.07 Å². The highest BCUT2D eigenvalue weighted by Crippen LogP contribution is 2.30. The second-order valence-corrected chi connectivity index (χ2v) is 5.53. The second-order valence-electron chi connectivity index (χ2n) is 5.53. The van der Waals surface area contributed by atoms with E-state index in [4.69, 9.17) is 10.3 Å². The zero-order chi connectivity index (χ0) is 18.6. The highest BCUT2D eigenvalue weighted by atomic mass is 19.4. The Morgan fingerprint density at radius 3 is 2.64 bits per heavy atom. The van der Waals surface area contributed by atoms with Gasteiger partial charge in [0.25, 0.3) is 0 Å². The Morgan fingerprint density at radius 2 is 2.04 bits per heavy atom. The number of hydrogen-bond donors (Lipinski definition) is 2. The van der Waals surface area contributed by atoms with Crippen molar-refractivity contribution in [3.63, 3.8) is 0 Å². The SMILES string of the molecule is Cc1noc(C)c1C(C)CN=C(N)Nc1ccccc1OC(F)(F)F. The van der Waals surface area contributed by atoms with E-state index in [2.05, 4.69) is 20.2 Å². The summed E-state index contributed by atoms with van der Waals surface area (Å²) in [5.41, 5.74) is 7.57. The third kappa shape index (κ3) is 5.13. The second kappa shape index (κ2) is 7.45. The first-order valence-corrected chi connectivity index (χ1v) is 7.52. The molecule has 2 rings (SSSR count). The minimum absolute atomic E-state index is 0.00623. The average Bonchev–Trinajstić information content (AvgIpc) is 2.84. The van der Waals surface area contributed by atoms with E-state index >= 15 is 0 Å². The summed E-state index contributed by atoms with van der Waals surface area (Å²) < 4.78 is 46.3. The van der Waals surface area contributed by atoms with E-state index in [0.717, 1.165) is 11.3 Å². The minimum Gasteiger partial charge on any atom is -0.404 e. The molecule has 0 aliphatic rings. The normalized spacial score (nSPS) is 13.6. The van der Waals surface area contributed by atoms with E-state index in [1.807, 2.05) is 20.8 Å². The molecule has 0 saturated carbocycles. The van der Waals surface area contributed by atoms with Gasteiger partial charge in [0, 0.05) is 18.0 Å². The first kappa shape index (κ1) is 18.6. The summed E-state index contributed by atoms with van der Waals surface area (Å²) in [7, 11) is 0. The van der Waals surface area contributed by atoms with Crippen molar-refractivity contribution in [1.29, 1.82) is 0 Å². The van der Waals surface area contributed by atoms with Crippen LogP contribution in [0.3, 0.4) is 0 Å². The van der Waals surface area contributed by atoms with Gasteiger partial charge in [-0.3, -0.25) is 4.99 Å². The number of aromatic nitrogens is 1. The molecule has 0 spiro atoms. The number of aliphatic imine (C=N–C) groups is 1. The predicted molar refractivity (Wildman–Crippen MR) is 87.6 cm³/mol. The molecule has 25 heavy (non-hydrogen) atoms. The van der Waals surface area contributed by atoms with Gasteiger partial charge in [0.1, 0.15) is 5.76 Å². The highest BCUT2D eigenvalue weighted by Gasteiger charge is 2.32. The van der Waals surface area contributed by atoms with Gasteiger partial charge in [0.05, 0.1) is 11.4 Å². The van der Waals surface area contributed by atoms with Gasteiger partial charge in [0.15, 0.2) is 11.7 Å². The van der Waals surface area contributed by atoms with Crippen molar-refractivity contribution in [3.8, 4) is 5.75 Å². The molecular formula is C16H19F3N4O2. The Kier molecular flexibility index (Phi) is 5.55. The number of aryl methyl sites for hydroxylation is 2. The number of guanidine groups is 1. The number of hydrogen-bond acceptors (Lipinski definition) is 4. The van der Waals surface area contributed by atoms with E-state index in [-0.39, 0.29) is 23.3 Å². The molecule has 1 aromatic heterocycles. The molecule has 1 unspecified atom stereocenters. The van der Waals surface area contributed by atoms with Crippen LogP contribution in [0.25, 0.3) is 0 Å². The molecule has 1 heterocycles. The summed E-state index contributed by atoms with van der Waals surface area (Å²) in [6.45, 7) is 5.90. The number of anilines is 1. The Bertz CT molecular complexity index is 737. The van der Waals surface area contributed by atoms with Gasteiger partial charge in [-0.15, -0.1) is 13.2 Å². The monoisotopic (exact) mass is 356 g/mol. The van der Waals surface area contributed by atoms with E-state index in [0.29, 0.717) is 12.3 Å². The molecule has 1 aromatic carbocycles. The van der Waals surface area contributed by atoms with Gasteiger partial charge in [-0.25, -0.2) is 0 Å². The van der Waals surface area contributed by atoms with Crippen LogP contribution in [0.1, 0.15) is 29.9 Å². The number of alkyl halides is 3. The van der Waals surface area contributed by atoms with Crippen LogP contribution in [0.15, 0.2) is 33.8 Å². The van der Waals surface area contributed by atoms with E-state index < -0.39 is 6.36 Å². The van der Waals surface area contributed by atoms with Crippen LogP contribution in [-0.4, -0.2) is 24.0 Å². The largest absolute Gasteiger partial charge is 0.573 e. The maximum Gasteiger partial charge on any atom is 0.573 e. The molecule has 0 amide bonds. The highest BCUT2D eigenvalue weighted by molar-refractivity contribution is 5.93. The Hall–Kier alpha value is -2.71. The summed E-state index contributed by atoms with van der Waals surface area (Å²) >= 11 is 0. The van der Waals surface area contributed by atoms with Crippen LogP contribution >= 0.6 is 0 Å². The molecule has 0 saturated heterocycles. The smallest absolute Gasteiger partial charge is 0.404 e. The van der Waals surface area contributed by atoms with Gasteiger partial charge in [-0.1, -0.05) is 24.2 Å². The lowest BCUT2D eigenvalue weighted by Crippen LogP contribution is -2.25. The van der Waals surface area contributed by atoms with Gasteiger partial charge in [-0.05, 0) is 26.0 Å². The van der Waals surface area contributed by atoms with Gasteiger partial charge >= 0.3 is 6.36 Å². The predicted octanol–water partition coefficient (Wildman–Crippen LogP) is 3.72. The number of benzene rings is 1. The summed E-state index contributed by atoms with van der Waals surface area (Å²) in [5.74, 6) is 0.299. The Balaban J connectivity index is 2.07. The lowest BCUT2D eigenvalue weighted by Gasteiger charge is -2.14. The fourth-order valence-electron chi connectivity index (χ4n) is 2.48. The fraction of sp³-hybridized carbons (Fsp3) is 0.375. The third-order valence-electron chi connectivity index (χ3n) is 3.49. The topological polar surface area (TPSA) is 85.7 Å². The molecular weight excluding hydrogens is 337 g/mol. The maximum absolute atomic E-state index is 12.4. The number of para-hydroxylation sites is 2. The maximum atomic E-state index is 12.4. The van der Waals surface area contributed by atoms with Crippen molar-refractivity contribution < 1.29 is 22.4 Å². The number of nitrogens with two attached hydrogens (primary N) is 1. The van der Waals surface area contributed by atoms with Crippen LogP contribution in [0.2, 0.25) is 0 Å². The molecule has 2 aromatic rings. The minimum atomic E-state index is -4.79. The lowest BCUT2D eigenvalue weighted by atomic mass is 10.00. The van der Waals surface area contributed by atoms with Crippen LogP contribution in [0.5, 0.6) is 5.75 Å². The third-order valence-corrected chi connectivity index (χ3v) is 3.49. The zero-order valence-electron chi connectivity index (χ0n) is 14.0. The lowest BCUT2D eigenvalue weighted by molar-refractivity contribution is -0.274. The molecule has 0 aliphatic heterocycles. The van der Waals surface area contributed by atoms with Gasteiger partial charge < -0.3 is 20.3 Å². The summed E-state index contributed by atoms with van der Waals surface area (Å²) in [6.07, 6.45) is -4.79. The van der Waals surface area contributed by atoms with Crippen LogP contribution in [0, 0.1) is 13.8 Å². The molecule has 0 aliphatic carbocycles. The standard InChI is InChI=1S/C16H19F3N4O2/c1-9(14-10(2)23-25-11(14)3)8-21-15(20)22-12-6-4-5-7-13(12)24-16(17,18)19/h4-7,9H,8H2,1-3H3,(H3,20,21,22). The molecule has 0 bridgehead atoms. The first-order chi connectivity index (χ1) is 11.7. The van der Waals surface area contributed by atoms with Gasteiger partial charge in [-0.2, -0.15) is 0 Å². The summed E-state index contributed by atoms with van der Waals surface area (Å²) in [4.78, 5) is 4.17. The van der Waals surface area contributed by atoms with Crippen molar-refractivity contribution in [3.05, 3.63) is 41.3 Å². The molecule has 3 N–H and O–H groups in total. The van der Waals surface area contributed by atoms with Gasteiger partial charge in [0.2, 0.25) is 0 Å². The molecule has 0 fully saturated rings. The van der Waals surface area contributed by atoms with Crippen LogP contribution < -0.4 is 15.8 Å². The summed E-state index contributed by atoms with van der Waals surface area (Å²) in [5, 5.41) is 6.51. The molecule has 9 heteroatoms. The first-order valence-electron chi connectivity index (χ1n) is 7.52. The van der Waals surface area contributed by atoms with Crippen molar-refractivity contribution in [1.82, 2.24) is 5.16 Å². The van der Waals surface area contributed by atoms with Crippen molar-refractivity contribution >= 4 is 11.6 Å². The van der Waals surface area contributed by atoms with E-state index in [9.17, 15) is 13.2 Å².